The van der Waals surface area contributed by atoms with Crippen LogP contribution in [0.4, 0.5) is 4.79 Å². The zero-order valence-electron chi connectivity index (χ0n) is 29.0. The number of sulfonamides is 1. The smallest absolute Gasteiger partial charge is 0.326 e. The van der Waals surface area contributed by atoms with E-state index in [1.165, 1.54) is 10.6 Å². The van der Waals surface area contributed by atoms with Gasteiger partial charge in [-0.2, -0.15) is 4.31 Å². The van der Waals surface area contributed by atoms with E-state index in [0.29, 0.717) is 80.2 Å². The molecule has 0 unspecified atom stereocenters. The number of halogens is 2. The lowest BCUT2D eigenvalue weighted by atomic mass is 10.1. The number of urea groups is 1. The van der Waals surface area contributed by atoms with E-state index in [1.54, 1.807) is 52.3 Å². The average Bonchev–Trinajstić information content (AvgIpc) is 3.66. The first-order chi connectivity index (χ1) is 24.3. The van der Waals surface area contributed by atoms with E-state index in [1.807, 2.05) is 31.2 Å². The fraction of sp³-hybridized carbons (Fsp3) is 0.444. The molecule has 15 heteroatoms. The molecule has 0 spiro atoms. The number of carbonyl (C=O) groups is 1. The van der Waals surface area contributed by atoms with Crippen LogP contribution < -0.4 is 4.74 Å². The van der Waals surface area contributed by atoms with Crippen LogP contribution in [-0.2, 0) is 33.0 Å². The Kier molecular flexibility index (Phi) is 13.4. The second-order valence-electron chi connectivity index (χ2n) is 12.8. The highest BCUT2D eigenvalue weighted by atomic mass is 35.5. The molecule has 2 amide bonds. The molecule has 51 heavy (non-hydrogen) atoms. The van der Waals surface area contributed by atoms with Crippen molar-refractivity contribution in [3.8, 4) is 5.75 Å². The van der Waals surface area contributed by atoms with Crippen molar-refractivity contribution in [2.75, 3.05) is 64.4 Å². The number of nitrogens with zero attached hydrogens (tertiary/aromatic N) is 5. The highest BCUT2D eigenvalue weighted by Gasteiger charge is 2.33. The summed E-state index contributed by atoms with van der Waals surface area (Å²) >= 11 is 12.4. The molecular formula is C36H45Cl2N5O6S2. The number of benzene rings is 3. The van der Waals surface area contributed by atoms with Gasteiger partial charge in [0.2, 0.25) is 10.0 Å². The first kappa shape index (κ1) is 39.0. The minimum atomic E-state index is -3.82. The molecule has 2 saturated heterocycles. The second-order valence-corrected chi connectivity index (χ2v) is 17.8. The number of hydrogen-bond acceptors (Lipinski definition) is 8. The molecule has 0 N–H and O–H groups in total. The Morgan fingerprint density at radius 1 is 0.843 bits per heavy atom. The number of amidine groups is 1. The highest BCUT2D eigenvalue weighted by molar-refractivity contribution is 7.90. The predicted molar refractivity (Wildman–Crippen MR) is 202 cm³/mol. The third-order valence-corrected chi connectivity index (χ3v) is 12.3. The summed E-state index contributed by atoms with van der Waals surface area (Å²) in [4.78, 5) is 25.4. The maximum Gasteiger partial charge on any atom is 0.326 e. The lowest BCUT2D eigenvalue weighted by Crippen LogP contribution is -2.54. The van der Waals surface area contributed by atoms with Crippen LogP contribution in [0, 0.1) is 0 Å². The molecule has 3 aromatic carbocycles. The number of aliphatic imine (C=N–C) groups is 1. The Morgan fingerprint density at radius 2 is 1.45 bits per heavy atom. The van der Waals surface area contributed by atoms with Crippen LogP contribution >= 0.6 is 23.2 Å². The normalized spacial score (nSPS) is 16.4. The van der Waals surface area contributed by atoms with Crippen molar-refractivity contribution in [2.45, 2.75) is 44.2 Å². The quantitative estimate of drug-likeness (QED) is 0.159. The Hall–Kier alpha value is -3.20. The molecule has 0 radical (unpaired) electrons. The maximum atomic E-state index is 14.7. The molecule has 5 rings (SSSR count). The predicted octanol–water partition coefficient (Wildman–Crippen LogP) is 5.80. The third kappa shape index (κ3) is 10.7. The summed E-state index contributed by atoms with van der Waals surface area (Å²) in [6, 6.07) is 18.9. The summed E-state index contributed by atoms with van der Waals surface area (Å²) in [6.45, 7) is 5.96. The third-order valence-electron chi connectivity index (χ3n) is 8.89. The molecule has 0 aromatic heterocycles. The lowest BCUT2D eigenvalue weighted by molar-refractivity contribution is 0.125. The van der Waals surface area contributed by atoms with Gasteiger partial charge >= 0.3 is 6.03 Å². The van der Waals surface area contributed by atoms with Crippen LogP contribution in [0.1, 0.15) is 42.9 Å². The minimum Gasteiger partial charge on any atom is -0.493 e. The van der Waals surface area contributed by atoms with E-state index in [2.05, 4.69) is 4.90 Å². The summed E-state index contributed by atoms with van der Waals surface area (Å²) in [6.07, 6.45) is 3.35. The van der Waals surface area contributed by atoms with Gasteiger partial charge in [0, 0.05) is 55.6 Å². The Bertz CT molecular complexity index is 1890. The number of rotatable bonds is 13. The summed E-state index contributed by atoms with van der Waals surface area (Å²) in [5.41, 5.74) is 2.02. The largest absolute Gasteiger partial charge is 0.493 e. The molecule has 276 valence electrons. The van der Waals surface area contributed by atoms with Crippen LogP contribution in [0.5, 0.6) is 5.75 Å². The van der Waals surface area contributed by atoms with Crippen molar-refractivity contribution in [3.63, 3.8) is 0 Å². The van der Waals surface area contributed by atoms with E-state index in [-0.39, 0.29) is 35.6 Å². The summed E-state index contributed by atoms with van der Waals surface area (Å²) in [7, 11) is -6.87. The monoisotopic (exact) mass is 777 g/mol. The molecule has 0 bridgehead atoms. The van der Waals surface area contributed by atoms with Gasteiger partial charge < -0.3 is 9.64 Å². The van der Waals surface area contributed by atoms with Gasteiger partial charge in [-0.3, -0.25) is 14.8 Å². The molecule has 0 atom stereocenters. The number of hydrogen-bond donors (Lipinski definition) is 0. The SMILES string of the molecule is CCOc1ccc(S(=O)(=O)N2CCCC2)cc1/C(=N/Cc1ccc(Cl)cc1)N(Cc1ccc(Cl)cc1)C(=O)N1CCN(CCCS(C)(=O)=O)CC1. The van der Waals surface area contributed by atoms with Gasteiger partial charge in [0.1, 0.15) is 21.4 Å². The van der Waals surface area contributed by atoms with Crippen molar-refractivity contribution in [1.82, 2.24) is 19.0 Å². The van der Waals surface area contributed by atoms with Gasteiger partial charge in [0.25, 0.3) is 0 Å². The van der Waals surface area contributed by atoms with E-state index >= 15 is 0 Å². The fourth-order valence-electron chi connectivity index (χ4n) is 6.16. The number of sulfone groups is 1. The Balaban J connectivity index is 1.56. The maximum absolute atomic E-state index is 14.7. The van der Waals surface area contributed by atoms with Crippen LogP contribution in [0.15, 0.2) is 76.6 Å². The van der Waals surface area contributed by atoms with Crippen molar-refractivity contribution in [3.05, 3.63) is 93.5 Å². The topological polar surface area (TPSA) is 120 Å². The fourth-order valence-corrected chi connectivity index (χ4v) is 8.61. The van der Waals surface area contributed by atoms with E-state index in [0.717, 1.165) is 24.0 Å². The van der Waals surface area contributed by atoms with Crippen LogP contribution in [-0.4, -0.2) is 112 Å². The average molecular weight is 779 g/mol. The van der Waals surface area contributed by atoms with Gasteiger partial charge in [-0.15, -0.1) is 0 Å². The molecule has 2 aliphatic rings. The number of carbonyl (C=O) groups excluding carboxylic acids is 1. The Morgan fingerprint density at radius 3 is 2.04 bits per heavy atom. The molecule has 2 fully saturated rings. The zero-order valence-corrected chi connectivity index (χ0v) is 32.2. The van der Waals surface area contributed by atoms with Crippen LogP contribution in [0.25, 0.3) is 0 Å². The van der Waals surface area contributed by atoms with E-state index in [4.69, 9.17) is 32.9 Å². The molecule has 0 aliphatic carbocycles. The van der Waals surface area contributed by atoms with E-state index < -0.39 is 19.9 Å². The number of piperazine rings is 1. The summed E-state index contributed by atoms with van der Waals surface area (Å²) in [5, 5.41) is 1.13. The molecular weight excluding hydrogens is 733 g/mol. The first-order valence-electron chi connectivity index (χ1n) is 17.1. The summed E-state index contributed by atoms with van der Waals surface area (Å²) in [5.74, 6) is 0.781. The molecule has 3 aromatic rings. The standard InChI is InChI=1S/C36H45Cl2N5O6S2/c1-3-49-34-16-15-32(51(47,48)42-18-4-5-19-42)25-33(34)35(39-26-28-7-11-30(37)12-8-28)43(27-29-9-13-31(38)14-10-29)36(44)41-22-20-40(21-23-41)17-6-24-50(2,45)46/h7-16,25H,3-6,17-24,26-27H2,1-2H3/b39-35-. The molecule has 2 heterocycles. The van der Waals surface area contributed by atoms with Crippen molar-refractivity contribution in [2.24, 2.45) is 4.99 Å². The molecule has 2 aliphatic heterocycles. The van der Waals surface area contributed by atoms with Gasteiger partial charge in [0.05, 0.1) is 35.9 Å². The molecule has 11 nitrogen and oxygen atoms in total. The molecule has 0 saturated carbocycles. The van der Waals surface area contributed by atoms with Crippen LogP contribution in [0.2, 0.25) is 10.0 Å². The van der Waals surface area contributed by atoms with Gasteiger partial charge in [-0.05, 0) is 86.3 Å². The Labute approximate surface area is 311 Å². The number of amides is 2. The highest BCUT2D eigenvalue weighted by Crippen LogP contribution is 2.30. The second kappa shape index (κ2) is 17.5. The van der Waals surface area contributed by atoms with Crippen molar-refractivity contribution < 1.29 is 26.4 Å². The van der Waals surface area contributed by atoms with Crippen molar-refractivity contribution >= 4 is 54.9 Å². The summed E-state index contributed by atoms with van der Waals surface area (Å²) < 4.78 is 58.5. The van der Waals surface area contributed by atoms with Crippen molar-refractivity contribution in [1.29, 1.82) is 0 Å². The van der Waals surface area contributed by atoms with E-state index in [9.17, 15) is 21.6 Å². The lowest BCUT2D eigenvalue weighted by Gasteiger charge is -2.38. The zero-order chi connectivity index (χ0) is 36.6. The van der Waals surface area contributed by atoms with Gasteiger partial charge in [-0.25, -0.2) is 21.6 Å². The first-order valence-corrected chi connectivity index (χ1v) is 21.4. The van der Waals surface area contributed by atoms with Gasteiger partial charge in [0.15, 0.2) is 0 Å². The minimum absolute atomic E-state index is 0.101. The van der Waals surface area contributed by atoms with Gasteiger partial charge in [-0.1, -0.05) is 47.5 Å². The van der Waals surface area contributed by atoms with Crippen LogP contribution in [0.3, 0.4) is 0 Å². The number of ether oxygens (including phenoxy) is 1.